The van der Waals surface area contributed by atoms with Crippen LogP contribution in [0.3, 0.4) is 0 Å². The van der Waals surface area contributed by atoms with Gasteiger partial charge >= 0.3 is 0 Å². The molecule has 19 heavy (non-hydrogen) atoms. The Morgan fingerprint density at radius 3 is 2.89 bits per heavy atom. The number of carbonyl (C=O) groups is 1. The van der Waals surface area contributed by atoms with Crippen molar-refractivity contribution in [1.29, 1.82) is 0 Å². The fourth-order valence-corrected chi connectivity index (χ4v) is 2.38. The molecule has 1 heterocycles. The average molecular weight is 263 g/mol. The van der Waals surface area contributed by atoms with Crippen LogP contribution in [0.15, 0.2) is 18.2 Å². The van der Waals surface area contributed by atoms with Crippen LogP contribution in [0.2, 0.25) is 0 Å². The summed E-state index contributed by atoms with van der Waals surface area (Å²) >= 11 is 0. The summed E-state index contributed by atoms with van der Waals surface area (Å²) < 4.78 is 11.2. The molecular weight excluding hydrogens is 242 g/mol. The Labute approximate surface area is 114 Å². The minimum atomic E-state index is -0.284. The van der Waals surface area contributed by atoms with E-state index in [0.29, 0.717) is 6.42 Å². The van der Waals surface area contributed by atoms with Gasteiger partial charge in [-0.05, 0) is 32.0 Å². The highest BCUT2D eigenvalue weighted by molar-refractivity contribution is 5.76. The van der Waals surface area contributed by atoms with Crippen LogP contribution in [-0.4, -0.2) is 18.6 Å². The minimum absolute atomic E-state index is 0.0266. The van der Waals surface area contributed by atoms with Gasteiger partial charge in [-0.3, -0.25) is 4.79 Å². The van der Waals surface area contributed by atoms with Crippen LogP contribution in [-0.2, 0) is 4.79 Å². The van der Waals surface area contributed by atoms with Gasteiger partial charge in [-0.25, -0.2) is 0 Å². The molecule has 1 aromatic carbocycles. The third-order valence-corrected chi connectivity index (χ3v) is 3.33. The zero-order chi connectivity index (χ0) is 14.0. The molecule has 4 nitrogen and oxygen atoms in total. The van der Waals surface area contributed by atoms with Gasteiger partial charge in [-0.15, -0.1) is 0 Å². The molecule has 4 heteroatoms. The van der Waals surface area contributed by atoms with Gasteiger partial charge in [-0.2, -0.15) is 0 Å². The van der Waals surface area contributed by atoms with Crippen molar-refractivity contribution in [3.8, 4) is 11.5 Å². The Morgan fingerprint density at radius 2 is 2.26 bits per heavy atom. The number of amides is 1. The SMILES string of the molecule is CCC(=O)N[C@@H]1CC(C)(C)Oc2ccc(OC)cc21. The molecular formula is C15H21NO3. The standard InChI is InChI=1S/C15H21NO3/c1-5-14(17)16-12-9-15(2,3)19-13-7-6-10(18-4)8-11(12)13/h6-8,12H,5,9H2,1-4H3,(H,16,17)/t12-/m1/s1. The predicted octanol–water partition coefficient (Wildman–Crippen LogP) is 2.82. The summed E-state index contributed by atoms with van der Waals surface area (Å²) in [5.74, 6) is 1.65. The second-order valence-electron chi connectivity index (χ2n) is 5.44. The van der Waals surface area contributed by atoms with E-state index in [4.69, 9.17) is 9.47 Å². The lowest BCUT2D eigenvalue weighted by molar-refractivity contribution is -0.122. The Bertz CT molecular complexity index is 482. The van der Waals surface area contributed by atoms with Crippen LogP contribution in [0.4, 0.5) is 0 Å². The van der Waals surface area contributed by atoms with E-state index < -0.39 is 0 Å². The summed E-state index contributed by atoms with van der Waals surface area (Å²) in [7, 11) is 1.63. The van der Waals surface area contributed by atoms with E-state index in [1.807, 2.05) is 39.0 Å². The van der Waals surface area contributed by atoms with Crippen molar-refractivity contribution in [2.75, 3.05) is 7.11 Å². The number of benzene rings is 1. The molecule has 0 saturated heterocycles. The van der Waals surface area contributed by atoms with Crippen molar-refractivity contribution in [1.82, 2.24) is 5.32 Å². The fraction of sp³-hybridized carbons (Fsp3) is 0.533. The second-order valence-corrected chi connectivity index (χ2v) is 5.44. The Balaban J connectivity index is 2.36. The van der Waals surface area contributed by atoms with Crippen molar-refractivity contribution in [3.05, 3.63) is 23.8 Å². The molecule has 1 aliphatic rings. The molecule has 1 atom stereocenters. The highest BCUT2D eigenvalue weighted by Gasteiger charge is 2.34. The molecule has 0 spiro atoms. The molecule has 0 aromatic heterocycles. The lowest BCUT2D eigenvalue weighted by Crippen LogP contribution is -2.41. The lowest BCUT2D eigenvalue weighted by Gasteiger charge is -2.38. The van der Waals surface area contributed by atoms with Gasteiger partial charge in [0.25, 0.3) is 0 Å². The zero-order valence-electron chi connectivity index (χ0n) is 11.9. The molecule has 1 amide bonds. The topological polar surface area (TPSA) is 47.6 Å². The first kappa shape index (κ1) is 13.7. The number of ether oxygens (including phenoxy) is 2. The van der Waals surface area contributed by atoms with E-state index in [0.717, 1.165) is 23.5 Å². The highest BCUT2D eigenvalue weighted by atomic mass is 16.5. The van der Waals surface area contributed by atoms with E-state index >= 15 is 0 Å². The van der Waals surface area contributed by atoms with Gasteiger partial charge in [0, 0.05) is 18.4 Å². The fourth-order valence-electron chi connectivity index (χ4n) is 2.38. The van der Waals surface area contributed by atoms with Crippen molar-refractivity contribution in [2.45, 2.75) is 45.3 Å². The molecule has 1 aliphatic heterocycles. The molecule has 0 saturated carbocycles. The Hall–Kier alpha value is -1.71. The number of fused-ring (bicyclic) bond motifs is 1. The molecule has 0 fully saturated rings. The van der Waals surface area contributed by atoms with Crippen molar-refractivity contribution < 1.29 is 14.3 Å². The van der Waals surface area contributed by atoms with Gasteiger partial charge in [0.2, 0.25) is 5.91 Å². The summed E-state index contributed by atoms with van der Waals surface area (Å²) in [5.41, 5.74) is 0.702. The number of nitrogens with one attached hydrogen (secondary N) is 1. The minimum Gasteiger partial charge on any atom is -0.497 e. The van der Waals surface area contributed by atoms with Gasteiger partial charge in [-0.1, -0.05) is 6.92 Å². The first-order valence-corrected chi connectivity index (χ1v) is 6.61. The van der Waals surface area contributed by atoms with Crippen LogP contribution in [0.5, 0.6) is 11.5 Å². The van der Waals surface area contributed by atoms with Crippen molar-refractivity contribution >= 4 is 5.91 Å². The molecule has 1 N–H and O–H groups in total. The average Bonchev–Trinajstić information content (AvgIpc) is 2.37. The third kappa shape index (κ3) is 3.00. The maximum Gasteiger partial charge on any atom is 0.220 e. The van der Waals surface area contributed by atoms with Gasteiger partial charge in [0.05, 0.1) is 13.2 Å². The highest BCUT2D eigenvalue weighted by Crippen LogP contribution is 2.41. The molecule has 2 rings (SSSR count). The van der Waals surface area contributed by atoms with Crippen LogP contribution in [0.25, 0.3) is 0 Å². The van der Waals surface area contributed by atoms with E-state index in [9.17, 15) is 4.79 Å². The predicted molar refractivity (Wildman–Crippen MR) is 73.5 cm³/mol. The maximum absolute atomic E-state index is 11.7. The third-order valence-electron chi connectivity index (χ3n) is 3.33. The Morgan fingerprint density at radius 1 is 1.53 bits per heavy atom. The molecule has 104 valence electrons. The monoisotopic (exact) mass is 263 g/mol. The molecule has 0 aliphatic carbocycles. The van der Waals surface area contributed by atoms with Crippen LogP contribution < -0.4 is 14.8 Å². The van der Waals surface area contributed by atoms with E-state index in [1.54, 1.807) is 7.11 Å². The summed E-state index contributed by atoms with van der Waals surface area (Å²) in [6.07, 6.45) is 1.23. The number of rotatable bonds is 3. The van der Waals surface area contributed by atoms with Gasteiger partial charge in [0.15, 0.2) is 0 Å². The smallest absolute Gasteiger partial charge is 0.220 e. The molecule has 0 unspecified atom stereocenters. The van der Waals surface area contributed by atoms with Crippen LogP contribution in [0, 0.1) is 0 Å². The van der Waals surface area contributed by atoms with E-state index in [-0.39, 0.29) is 17.6 Å². The maximum atomic E-state index is 11.7. The normalized spacial score (nSPS) is 20.1. The largest absolute Gasteiger partial charge is 0.497 e. The second kappa shape index (κ2) is 5.11. The van der Waals surface area contributed by atoms with Crippen LogP contribution in [0.1, 0.15) is 45.2 Å². The first-order chi connectivity index (χ1) is 8.95. The quantitative estimate of drug-likeness (QED) is 0.912. The molecule has 1 aromatic rings. The number of methoxy groups -OCH3 is 1. The molecule has 0 radical (unpaired) electrons. The summed E-state index contributed by atoms with van der Waals surface area (Å²) in [4.78, 5) is 11.7. The van der Waals surface area contributed by atoms with Crippen molar-refractivity contribution in [2.24, 2.45) is 0 Å². The number of hydrogen-bond acceptors (Lipinski definition) is 3. The van der Waals surface area contributed by atoms with Crippen LogP contribution >= 0.6 is 0 Å². The van der Waals surface area contributed by atoms with E-state index in [1.165, 1.54) is 0 Å². The van der Waals surface area contributed by atoms with Gasteiger partial charge < -0.3 is 14.8 Å². The molecule has 0 bridgehead atoms. The summed E-state index contributed by atoms with van der Waals surface area (Å²) in [6.45, 7) is 5.92. The zero-order valence-corrected chi connectivity index (χ0v) is 11.9. The Kier molecular flexibility index (Phi) is 3.69. The van der Waals surface area contributed by atoms with Gasteiger partial charge in [0.1, 0.15) is 17.1 Å². The van der Waals surface area contributed by atoms with Crippen molar-refractivity contribution in [3.63, 3.8) is 0 Å². The first-order valence-electron chi connectivity index (χ1n) is 6.61. The number of hydrogen-bond donors (Lipinski definition) is 1. The van der Waals surface area contributed by atoms with E-state index in [2.05, 4.69) is 5.32 Å². The summed E-state index contributed by atoms with van der Waals surface area (Å²) in [6, 6.07) is 5.69. The summed E-state index contributed by atoms with van der Waals surface area (Å²) in [5, 5.41) is 3.06. The number of carbonyl (C=O) groups excluding carboxylic acids is 1. The lowest BCUT2D eigenvalue weighted by atomic mass is 9.89.